The van der Waals surface area contributed by atoms with Crippen LogP contribution in [0.4, 0.5) is 0 Å². The van der Waals surface area contributed by atoms with Gasteiger partial charge in [-0.05, 0) is 37.6 Å². The first-order valence-electron chi connectivity index (χ1n) is 6.98. The zero-order valence-electron chi connectivity index (χ0n) is 12.1. The van der Waals surface area contributed by atoms with Crippen molar-refractivity contribution in [1.82, 2.24) is 5.32 Å². The maximum Gasteiger partial charge on any atom is 0.0587 e. The topological polar surface area (TPSA) is 30.5 Å². The van der Waals surface area contributed by atoms with E-state index in [1.807, 2.05) is 0 Å². The highest BCUT2D eigenvalue weighted by atomic mass is 16.5. The molecule has 0 saturated carbocycles. The molecule has 0 spiro atoms. The molecule has 17 heavy (non-hydrogen) atoms. The van der Waals surface area contributed by atoms with Crippen LogP contribution in [0.3, 0.4) is 0 Å². The van der Waals surface area contributed by atoms with E-state index >= 15 is 0 Å². The number of ether oxygens (including phenoxy) is 2. The third-order valence-corrected chi connectivity index (χ3v) is 2.74. The Balaban J connectivity index is 3.64. The lowest BCUT2D eigenvalue weighted by molar-refractivity contribution is 0.116. The smallest absolute Gasteiger partial charge is 0.0587 e. The Morgan fingerprint density at radius 1 is 1.12 bits per heavy atom. The fraction of sp³-hybridized carbons (Fsp3) is 1.00. The Bertz CT molecular complexity index is 139. The molecular weight excluding hydrogens is 214 g/mol. The summed E-state index contributed by atoms with van der Waals surface area (Å²) in [6, 6.07) is 0. The van der Waals surface area contributed by atoms with Crippen molar-refractivity contribution < 1.29 is 9.47 Å². The summed E-state index contributed by atoms with van der Waals surface area (Å²) in [5.41, 5.74) is 0. The van der Waals surface area contributed by atoms with Crippen molar-refractivity contribution in [2.75, 3.05) is 40.0 Å². The molecule has 104 valence electrons. The molecular formula is C14H31NO2. The van der Waals surface area contributed by atoms with Gasteiger partial charge in [-0.3, -0.25) is 0 Å². The van der Waals surface area contributed by atoms with Gasteiger partial charge in [0.05, 0.1) is 6.61 Å². The second-order valence-electron chi connectivity index (χ2n) is 5.09. The van der Waals surface area contributed by atoms with Crippen LogP contribution in [0.1, 0.15) is 40.0 Å². The van der Waals surface area contributed by atoms with Gasteiger partial charge in [0.1, 0.15) is 0 Å². The zero-order valence-corrected chi connectivity index (χ0v) is 12.1. The van der Waals surface area contributed by atoms with Crippen LogP contribution < -0.4 is 5.32 Å². The number of nitrogens with one attached hydrogen (secondary N) is 1. The Morgan fingerprint density at radius 3 is 2.47 bits per heavy atom. The van der Waals surface area contributed by atoms with Gasteiger partial charge in [0.2, 0.25) is 0 Å². The highest BCUT2D eigenvalue weighted by Crippen LogP contribution is 2.14. The molecule has 0 aromatic rings. The molecule has 0 aliphatic rings. The Morgan fingerprint density at radius 2 is 1.88 bits per heavy atom. The fourth-order valence-corrected chi connectivity index (χ4v) is 1.95. The summed E-state index contributed by atoms with van der Waals surface area (Å²) in [5, 5.41) is 3.45. The molecule has 0 aromatic heterocycles. The van der Waals surface area contributed by atoms with E-state index in [2.05, 4.69) is 26.1 Å². The lowest BCUT2D eigenvalue weighted by atomic mass is 9.94. The summed E-state index contributed by atoms with van der Waals surface area (Å²) in [4.78, 5) is 0. The zero-order chi connectivity index (χ0) is 12.9. The average Bonchev–Trinajstić information content (AvgIpc) is 2.29. The van der Waals surface area contributed by atoms with Crippen LogP contribution in [-0.2, 0) is 9.47 Å². The first-order valence-corrected chi connectivity index (χ1v) is 6.98. The molecule has 0 aliphatic heterocycles. The van der Waals surface area contributed by atoms with Crippen LogP contribution in [0, 0.1) is 11.8 Å². The summed E-state index contributed by atoms with van der Waals surface area (Å²) in [6.45, 7) is 11.3. The number of hydrogen-bond acceptors (Lipinski definition) is 3. The highest BCUT2D eigenvalue weighted by molar-refractivity contribution is 4.64. The number of hydrogen-bond donors (Lipinski definition) is 1. The molecule has 1 N–H and O–H groups in total. The maximum atomic E-state index is 5.57. The average molecular weight is 245 g/mol. The predicted octanol–water partition coefficient (Wildman–Crippen LogP) is 2.70. The molecule has 0 radical (unpaired) electrons. The highest BCUT2D eigenvalue weighted by Gasteiger charge is 2.10. The maximum absolute atomic E-state index is 5.57. The SMILES string of the molecule is CCCOCCC(CNCCOC)CC(C)C. The summed E-state index contributed by atoms with van der Waals surface area (Å²) < 4.78 is 10.6. The molecule has 0 saturated heterocycles. The van der Waals surface area contributed by atoms with Gasteiger partial charge in [0, 0.05) is 26.9 Å². The van der Waals surface area contributed by atoms with Crippen LogP contribution in [0.25, 0.3) is 0 Å². The van der Waals surface area contributed by atoms with E-state index in [1.54, 1.807) is 7.11 Å². The molecule has 0 heterocycles. The second kappa shape index (κ2) is 12.3. The number of rotatable bonds is 12. The number of methoxy groups -OCH3 is 1. The van der Waals surface area contributed by atoms with E-state index in [1.165, 1.54) is 6.42 Å². The molecule has 0 rings (SSSR count). The van der Waals surface area contributed by atoms with E-state index in [0.29, 0.717) is 0 Å². The van der Waals surface area contributed by atoms with E-state index in [0.717, 1.165) is 57.6 Å². The van der Waals surface area contributed by atoms with Crippen LogP contribution in [0.2, 0.25) is 0 Å². The van der Waals surface area contributed by atoms with Gasteiger partial charge in [-0.15, -0.1) is 0 Å². The molecule has 3 heteroatoms. The van der Waals surface area contributed by atoms with Crippen LogP contribution >= 0.6 is 0 Å². The minimum atomic E-state index is 0.726. The van der Waals surface area contributed by atoms with Crippen molar-refractivity contribution in [2.24, 2.45) is 11.8 Å². The van der Waals surface area contributed by atoms with Crippen LogP contribution in [-0.4, -0.2) is 40.0 Å². The van der Waals surface area contributed by atoms with Gasteiger partial charge in [0.15, 0.2) is 0 Å². The van der Waals surface area contributed by atoms with Gasteiger partial charge >= 0.3 is 0 Å². The molecule has 3 nitrogen and oxygen atoms in total. The van der Waals surface area contributed by atoms with Crippen molar-refractivity contribution in [3.63, 3.8) is 0 Å². The molecule has 1 atom stereocenters. The largest absolute Gasteiger partial charge is 0.383 e. The van der Waals surface area contributed by atoms with Gasteiger partial charge in [-0.25, -0.2) is 0 Å². The molecule has 0 fully saturated rings. The van der Waals surface area contributed by atoms with E-state index < -0.39 is 0 Å². The summed E-state index contributed by atoms with van der Waals surface area (Å²) in [7, 11) is 1.74. The normalized spacial score (nSPS) is 13.2. The van der Waals surface area contributed by atoms with Gasteiger partial charge in [-0.1, -0.05) is 20.8 Å². The van der Waals surface area contributed by atoms with Gasteiger partial charge < -0.3 is 14.8 Å². The van der Waals surface area contributed by atoms with Crippen LogP contribution in [0.5, 0.6) is 0 Å². The minimum absolute atomic E-state index is 0.726. The monoisotopic (exact) mass is 245 g/mol. The minimum Gasteiger partial charge on any atom is -0.383 e. The lowest BCUT2D eigenvalue weighted by Crippen LogP contribution is -2.27. The van der Waals surface area contributed by atoms with Crippen molar-refractivity contribution in [3.05, 3.63) is 0 Å². The molecule has 1 unspecified atom stereocenters. The second-order valence-corrected chi connectivity index (χ2v) is 5.09. The van der Waals surface area contributed by atoms with Crippen molar-refractivity contribution in [2.45, 2.75) is 40.0 Å². The van der Waals surface area contributed by atoms with Crippen molar-refractivity contribution in [3.8, 4) is 0 Å². The van der Waals surface area contributed by atoms with E-state index in [-0.39, 0.29) is 0 Å². The lowest BCUT2D eigenvalue weighted by Gasteiger charge is -2.19. The summed E-state index contributed by atoms with van der Waals surface area (Å²) >= 11 is 0. The van der Waals surface area contributed by atoms with E-state index in [9.17, 15) is 0 Å². The first kappa shape index (κ1) is 16.9. The standard InChI is InChI=1S/C14H31NO2/c1-5-8-17-9-6-14(11-13(2)3)12-15-7-10-16-4/h13-15H,5-12H2,1-4H3. The molecule has 0 aliphatic carbocycles. The quantitative estimate of drug-likeness (QED) is 0.536. The van der Waals surface area contributed by atoms with Gasteiger partial charge in [0.25, 0.3) is 0 Å². The first-order chi connectivity index (χ1) is 8.20. The van der Waals surface area contributed by atoms with Crippen molar-refractivity contribution in [1.29, 1.82) is 0 Å². The Labute approximate surface area is 107 Å². The third-order valence-electron chi connectivity index (χ3n) is 2.74. The summed E-state index contributed by atoms with van der Waals surface area (Å²) in [6.07, 6.45) is 3.55. The molecule has 0 amide bonds. The van der Waals surface area contributed by atoms with Gasteiger partial charge in [-0.2, -0.15) is 0 Å². The predicted molar refractivity (Wildman–Crippen MR) is 73.4 cm³/mol. The molecule has 0 bridgehead atoms. The van der Waals surface area contributed by atoms with E-state index in [4.69, 9.17) is 9.47 Å². The summed E-state index contributed by atoms with van der Waals surface area (Å²) in [5.74, 6) is 1.49. The Kier molecular flexibility index (Phi) is 12.3. The fourth-order valence-electron chi connectivity index (χ4n) is 1.95. The van der Waals surface area contributed by atoms with Crippen molar-refractivity contribution >= 4 is 0 Å². The molecule has 0 aromatic carbocycles. The third kappa shape index (κ3) is 12.1. The Hall–Kier alpha value is -0.120. The van der Waals surface area contributed by atoms with Crippen LogP contribution in [0.15, 0.2) is 0 Å².